The lowest BCUT2D eigenvalue weighted by Crippen LogP contribution is -2.50. The van der Waals surface area contributed by atoms with Crippen molar-refractivity contribution < 1.29 is 0 Å². The minimum Gasteiger partial charge on any atom is -0.377 e. The fourth-order valence-corrected chi connectivity index (χ4v) is 4.50. The van der Waals surface area contributed by atoms with E-state index in [-0.39, 0.29) is 5.54 Å². The van der Waals surface area contributed by atoms with Crippen molar-refractivity contribution in [2.75, 3.05) is 11.9 Å². The molecule has 0 aliphatic heterocycles. The highest BCUT2D eigenvalue weighted by Gasteiger charge is 2.43. The van der Waals surface area contributed by atoms with Crippen LogP contribution in [0.3, 0.4) is 0 Å². The number of para-hydroxylation sites is 1. The molecule has 20 heavy (non-hydrogen) atoms. The van der Waals surface area contributed by atoms with Crippen LogP contribution in [-0.2, 0) is 0 Å². The summed E-state index contributed by atoms with van der Waals surface area (Å²) in [5.41, 5.74) is 8.08. The smallest absolute Gasteiger partial charge is 0.0496 e. The second kappa shape index (κ2) is 5.69. The van der Waals surface area contributed by atoms with Crippen molar-refractivity contribution in [3.05, 3.63) is 28.7 Å². The van der Waals surface area contributed by atoms with Crippen LogP contribution in [0.5, 0.6) is 0 Å². The third kappa shape index (κ3) is 2.75. The van der Waals surface area contributed by atoms with Gasteiger partial charge in [0.15, 0.2) is 0 Å². The number of benzene rings is 1. The number of hydrogen-bond donors (Lipinski definition) is 2. The van der Waals surface area contributed by atoms with E-state index in [1.807, 2.05) is 0 Å². The Hall–Kier alpha value is -0.540. The summed E-state index contributed by atoms with van der Waals surface area (Å²) in [5, 5.41) is 3.75. The highest BCUT2D eigenvalue weighted by Crippen LogP contribution is 2.51. The van der Waals surface area contributed by atoms with Crippen LogP contribution < -0.4 is 11.1 Å². The number of nitrogens with two attached hydrogens (primary N) is 1. The largest absolute Gasteiger partial charge is 0.377 e. The maximum Gasteiger partial charge on any atom is 0.0496 e. The Morgan fingerprint density at radius 3 is 2.25 bits per heavy atom. The summed E-state index contributed by atoms with van der Waals surface area (Å²) >= 11 is 3.63. The quantitative estimate of drug-likeness (QED) is 0.839. The van der Waals surface area contributed by atoms with Crippen LogP contribution in [0.1, 0.15) is 51.4 Å². The highest BCUT2D eigenvalue weighted by atomic mass is 79.9. The van der Waals surface area contributed by atoms with E-state index >= 15 is 0 Å². The van der Waals surface area contributed by atoms with Crippen LogP contribution >= 0.6 is 15.9 Å². The minimum atomic E-state index is 0.0950. The minimum absolute atomic E-state index is 0.0950. The molecule has 0 aromatic heterocycles. The molecule has 0 bridgehead atoms. The molecule has 2 nitrogen and oxygen atoms in total. The van der Waals surface area contributed by atoms with Crippen molar-refractivity contribution >= 4 is 21.6 Å². The fourth-order valence-electron chi connectivity index (χ4n) is 4.11. The maximum absolute atomic E-state index is 6.15. The van der Waals surface area contributed by atoms with E-state index in [2.05, 4.69) is 45.5 Å². The second-order valence-corrected chi connectivity index (χ2v) is 7.65. The van der Waals surface area contributed by atoms with E-state index in [1.54, 1.807) is 0 Å². The summed E-state index contributed by atoms with van der Waals surface area (Å²) in [7, 11) is 0. The van der Waals surface area contributed by atoms with Crippen molar-refractivity contribution in [1.82, 2.24) is 0 Å². The molecule has 1 aromatic carbocycles. The van der Waals surface area contributed by atoms with Gasteiger partial charge in [-0.25, -0.2) is 0 Å². The van der Waals surface area contributed by atoms with Crippen molar-refractivity contribution in [1.29, 1.82) is 0 Å². The summed E-state index contributed by atoms with van der Waals surface area (Å²) in [6.07, 6.45) is 10.9. The molecule has 110 valence electrons. The molecule has 0 unspecified atom stereocenters. The average Bonchev–Trinajstić information content (AvgIpc) is 2.93. The molecule has 1 spiro atoms. The molecule has 0 radical (unpaired) electrons. The molecule has 0 heterocycles. The Labute approximate surface area is 130 Å². The van der Waals surface area contributed by atoms with E-state index in [9.17, 15) is 0 Å². The zero-order valence-corrected chi connectivity index (χ0v) is 13.7. The van der Waals surface area contributed by atoms with Crippen molar-refractivity contribution in [3.8, 4) is 0 Å². The van der Waals surface area contributed by atoms with E-state index in [0.29, 0.717) is 5.41 Å². The van der Waals surface area contributed by atoms with Gasteiger partial charge in [-0.15, -0.1) is 0 Å². The van der Waals surface area contributed by atoms with Crippen molar-refractivity contribution in [2.45, 2.75) is 56.9 Å². The summed E-state index contributed by atoms with van der Waals surface area (Å²) in [5.74, 6) is 0. The van der Waals surface area contributed by atoms with Gasteiger partial charge < -0.3 is 11.1 Å². The topological polar surface area (TPSA) is 38.0 Å². The van der Waals surface area contributed by atoms with Crippen molar-refractivity contribution in [3.63, 3.8) is 0 Å². The highest BCUT2D eigenvalue weighted by molar-refractivity contribution is 9.10. The standard InChI is InChI=1S/C17H25BrN2/c18-14-5-1-2-6-15(14)20-17(13-19)11-9-16(10-12-17)7-3-4-8-16/h1-2,5-6,20H,3-4,7-13,19H2. The van der Waals surface area contributed by atoms with E-state index in [1.165, 1.54) is 57.1 Å². The van der Waals surface area contributed by atoms with Crippen LogP contribution in [0.25, 0.3) is 0 Å². The van der Waals surface area contributed by atoms with E-state index < -0.39 is 0 Å². The molecule has 3 heteroatoms. The lowest BCUT2D eigenvalue weighted by atomic mass is 9.66. The van der Waals surface area contributed by atoms with Gasteiger partial charge in [-0.05, 0) is 72.0 Å². The molecule has 1 aromatic rings. The number of halogens is 1. The molecule has 3 N–H and O–H groups in total. The molecule has 0 atom stereocenters. The Balaban J connectivity index is 1.72. The SMILES string of the molecule is NCC1(Nc2ccccc2Br)CCC2(CCCC2)CC1. The Morgan fingerprint density at radius 1 is 1.00 bits per heavy atom. The molecular weight excluding hydrogens is 312 g/mol. The first-order valence-electron chi connectivity index (χ1n) is 7.90. The molecule has 0 amide bonds. The van der Waals surface area contributed by atoms with Gasteiger partial charge in [-0.3, -0.25) is 0 Å². The fraction of sp³-hybridized carbons (Fsp3) is 0.647. The molecular formula is C17H25BrN2. The van der Waals surface area contributed by atoms with Gasteiger partial charge >= 0.3 is 0 Å². The first kappa shape index (κ1) is 14.4. The van der Waals surface area contributed by atoms with Crippen LogP contribution in [0.4, 0.5) is 5.69 Å². The van der Waals surface area contributed by atoms with Crippen LogP contribution in [0.15, 0.2) is 28.7 Å². The lowest BCUT2D eigenvalue weighted by molar-refractivity contribution is 0.148. The predicted octanol–water partition coefficient (Wildman–Crippen LogP) is 4.69. The first-order valence-corrected chi connectivity index (χ1v) is 8.69. The molecule has 3 rings (SSSR count). The van der Waals surface area contributed by atoms with E-state index in [0.717, 1.165) is 11.0 Å². The molecule has 2 aliphatic rings. The normalized spacial score (nSPS) is 23.9. The van der Waals surface area contributed by atoms with Gasteiger partial charge in [0, 0.05) is 22.2 Å². The summed E-state index contributed by atoms with van der Waals surface area (Å²) in [6, 6.07) is 8.37. The van der Waals surface area contributed by atoms with Crippen LogP contribution in [-0.4, -0.2) is 12.1 Å². The second-order valence-electron chi connectivity index (χ2n) is 6.80. The summed E-state index contributed by atoms with van der Waals surface area (Å²) < 4.78 is 1.13. The Kier molecular flexibility index (Phi) is 4.09. The van der Waals surface area contributed by atoms with Gasteiger partial charge in [-0.2, -0.15) is 0 Å². The van der Waals surface area contributed by atoms with Gasteiger partial charge in [0.25, 0.3) is 0 Å². The van der Waals surface area contributed by atoms with Gasteiger partial charge in [0.05, 0.1) is 0 Å². The Morgan fingerprint density at radius 2 is 1.65 bits per heavy atom. The first-order chi connectivity index (χ1) is 9.67. The summed E-state index contributed by atoms with van der Waals surface area (Å²) in [4.78, 5) is 0. The lowest BCUT2D eigenvalue weighted by Gasteiger charge is -2.45. The van der Waals surface area contributed by atoms with E-state index in [4.69, 9.17) is 5.73 Å². The van der Waals surface area contributed by atoms with Gasteiger partial charge in [-0.1, -0.05) is 25.0 Å². The van der Waals surface area contributed by atoms with Crippen molar-refractivity contribution in [2.24, 2.45) is 11.1 Å². The molecule has 0 saturated heterocycles. The van der Waals surface area contributed by atoms with Crippen LogP contribution in [0, 0.1) is 5.41 Å². The molecule has 2 saturated carbocycles. The van der Waals surface area contributed by atoms with Gasteiger partial charge in [0.1, 0.15) is 0 Å². The number of anilines is 1. The maximum atomic E-state index is 6.15. The zero-order valence-electron chi connectivity index (χ0n) is 12.1. The monoisotopic (exact) mass is 336 g/mol. The van der Waals surface area contributed by atoms with Crippen LogP contribution in [0.2, 0.25) is 0 Å². The molecule has 2 aliphatic carbocycles. The number of rotatable bonds is 3. The number of nitrogens with one attached hydrogen (secondary N) is 1. The molecule has 2 fully saturated rings. The third-order valence-corrected chi connectivity index (χ3v) is 6.29. The predicted molar refractivity (Wildman–Crippen MR) is 88.9 cm³/mol. The third-order valence-electron chi connectivity index (χ3n) is 5.60. The Bertz CT molecular complexity index is 456. The number of hydrogen-bond acceptors (Lipinski definition) is 2. The zero-order chi connectivity index (χ0) is 14.1. The average molecular weight is 337 g/mol. The summed E-state index contributed by atoms with van der Waals surface area (Å²) in [6.45, 7) is 0.727. The van der Waals surface area contributed by atoms with Gasteiger partial charge in [0.2, 0.25) is 0 Å².